The summed E-state index contributed by atoms with van der Waals surface area (Å²) < 4.78 is 18.7. The van der Waals surface area contributed by atoms with Crippen LogP contribution in [-0.2, 0) is 6.42 Å². The zero-order chi connectivity index (χ0) is 23.8. The number of aliphatic hydroxyl groups is 1. The Morgan fingerprint density at radius 2 is 1.91 bits per heavy atom. The van der Waals surface area contributed by atoms with Gasteiger partial charge in [-0.2, -0.15) is 0 Å². The van der Waals surface area contributed by atoms with Crippen molar-refractivity contribution < 1.29 is 19.0 Å². The number of rotatable bonds is 9. The molecular formula is C25H25FN4O3. The molecule has 0 radical (unpaired) electrons. The summed E-state index contributed by atoms with van der Waals surface area (Å²) in [6.45, 7) is -0.265. The van der Waals surface area contributed by atoms with Crippen molar-refractivity contribution in [3.8, 4) is 5.75 Å². The number of hydrogen-bond donors (Lipinski definition) is 4. The summed E-state index contributed by atoms with van der Waals surface area (Å²) in [6.07, 6.45) is 3.40. The number of halogens is 1. The predicted molar refractivity (Wildman–Crippen MR) is 125 cm³/mol. The minimum atomic E-state index is -0.543. The van der Waals surface area contributed by atoms with Gasteiger partial charge in [-0.3, -0.25) is 9.78 Å². The van der Waals surface area contributed by atoms with Gasteiger partial charge in [0.2, 0.25) is 0 Å². The van der Waals surface area contributed by atoms with Crippen LogP contribution in [0, 0.1) is 11.2 Å². The summed E-state index contributed by atoms with van der Waals surface area (Å²) in [7, 11) is 1.40. The van der Waals surface area contributed by atoms with Crippen LogP contribution >= 0.6 is 0 Å². The van der Waals surface area contributed by atoms with Gasteiger partial charge in [0.1, 0.15) is 11.6 Å². The van der Waals surface area contributed by atoms with Gasteiger partial charge in [-0.15, -0.1) is 0 Å². The number of carbonyl (C=O) groups is 1. The molecule has 0 unspecified atom stereocenters. The first-order chi connectivity index (χ1) is 15.9. The number of nitrogens with zero attached hydrogens (tertiary/aromatic N) is 1. The molecule has 0 saturated carbocycles. The molecule has 7 nitrogen and oxygen atoms in total. The molecule has 0 bridgehead atoms. The second kappa shape index (κ2) is 11.0. The Kier molecular flexibility index (Phi) is 7.88. The first-order valence-electron chi connectivity index (χ1n) is 10.2. The molecule has 3 rings (SSSR count). The lowest BCUT2D eigenvalue weighted by Crippen LogP contribution is -2.39. The molecule has 0 aliphatic heterocycles. The fraction of sp³-hybridized carbons (Fsp3) is 0.160. The molecule has 3 aromatic rings. The van der Waals surface area contributed by atoms with E-state index in [1.807, 2.05) is 12.1 Å². The van der Waals surface area contributed by atoms with Crippen molar-refractivity contribution in [2.24, 2.45) is 5.73 Å². The van der Waals surface area contributed by atoms with E-state index in [1.165, 1.54) is 31.4 Å². The molecule has 0 spiro atoms. The fourth-order valence-electron chi connectivity index (χ4n) is 3.33. The van der Waals surface area contributed by atoms with E-state index >= 15 is 0 Å². The summed E-state index contributed by atoms with van der Waals surface area (Å²) in [5.74, 6) is -0.663. The largest absolute Gasteiger partial charge is 0.496 e. The average molecular weight is 448 g/mol. The molecule has 8 heteroatoms. The fourth-order valence-corrected chi connectivity index (χ4v) is 3.33. The smallest absolute Gasteiger partial charge is 0.252 e. The van der Waals surface area contributed by atoms with Crippen molar-refractivity contribution in [3.63, 3.8) is 0 Å². The van der Waals surface area contributed by atoms with Crippen LogP contribution in [0.3, 0.4) is 0 Å². The molecule has 1 atom stereocenters. The van der Waals surface area contributed by atoms with Gasteiger partial charge >= 0.3 is 0 Å². The highest BCUT2D eigenvalue weighted by Gasteiger charge is 2.18. The molecule has 0 saturated heterocycles. The summed E-state index contributed by atoms with van der Waals surface area (Å²) >= 11 is 0. The van der Waals surface area contributed by atoms with E-state index in [2.05, 4.69) is 10.3 Å². The van der Waals surface area contributed by atoms with Crippen molar-refractivity contribution in [2.45, 2.75) is 12.5 Å². The number of methoxy groups -OCH3 is 1. The molecule has 33 heavy (non-hydrogen) atoms. The number of aromatic nitrogens is 1. The van der Waals surface area contributed by atoms with E-state index in [9.17, 15) is 14.3 Å². The zero-order valence-electron chi connectivity index (χ0n) is 18.1. The van der Waals surface area contributed by atoms with Crippen molar-refractivity contribution in [2.75, 3.05) is 13.7 Å². The molecule has 1 aromatic heterocycles. The lowest BCUT2D eigenvalue weighted by molar-refractivity contribution is 0.0916. The first kappa shape index (κ1) is 23.6. The van der Waals surface area contributed by atoms with Crippen molar-refractivity contribution in [1.82, 2.24) is 10.3 Å². The number of nitrogens with one attached hydrogen (secondary N) is 2. The summed E-state index contributed by atoms with van der Waals surface area (Å²) in [5, 5.41) is 21.0. The summed E-state index contributed by atoms with van der Waals surface area (Å²) in [6, 6.07) is 15.4. The number of hydrogen-bond acceptors (Lipinski definition) is 6. The third-order valence-corrected chi connectivity index (χ3v) is 4.97. The Labute approximate surface area is 191 Å². The molecule has 170 valence electrons. The van der Waals surface area contributed by atoms with Gasteiger partial charge in [0.25, 0.3) is 5.91 Å². The van der Waals surface area contributed by atoms with Crippen LogP contribution in [0.15, 0.2) is 72.9 Å². The molecule has 0 aliphatic rings. The van der Waals surface area contributed by atoms with Crippen LogP contribution in [0.5, 0.6) is 5.75 Å². The monoisotopic (exact) mass is 448 g/mol. The molecule has 1 heterocycles. The first-order valence-corrected chi connectivity index (χ1v) is 10.2. The maximum atomic E-state index is 13.5. The van der Waals surface area contributed by atoms with Crippen molar-refractivity contribution >= 4 is 17.3 Å². The highest BCUT2D eigenvalue weighted by molar-refractivity contribution is 6.16. The SMILES string of the molecule is COc1cc(F)ccc1/C(N)=C/C(=N)c1ccccc1C(=O)N[C@@H](CO)Cc1ccccn1. The molecule has 1 amide bonds. The van der Waals surface area contributed by atoms with Crippen LogP contribution in [-0.4, -0.2) is 41.5 Å². The quantitative estimate of drug-likeness (QED) is 0.375. The predicted octanol–water partition coefficient (Wildman–Crippen LogP) is 2.93. The van der Waals surface area contributed by atoms with E-state index in [-0.39, 0.29) is 29.3 Å². The molecule has 5 N–H and O–H groups in total. The Morgan fingerprint density at radius 1 is 1.18 bits per heavy atom. The Morgan fingerprint density at radius 3 is 2.58 bits per heavy atom. The minimum absolute atomic E-state index is 0.00472. The number of ether oxygens (including phenoxy) is 1. The number of aliphatic hydroxyl groups excluding tert-OH is 1. The Bertz CT molecular complexity index is 1170. The van der Waals surface area contributed by atoms with E-state index < -0.39 is 17.8 Å². The molecule has 0 fully saturated rings. The van der Waals surface area contributed by atoms with Crippen LogP contribution in [0.4, 0.5) is 4.39 Å². The Balaban J connectivity index is 1.82. The third-order valence-electron chi connectivity index (χ3n) is 4.97. The maximum Gasteiger partial charge on any atom is 0.252 e. The van der Waals surface area contributed by atoms with Crippen LogP contribution in [0.25, 0.3) is 5.70 Å². The van der Waals surface area contributed by atoms with Gasteiger partial charge in [-0.05, 0) is 36.4 Å². The van der Waals surface area contributed by atoms with Gasteiger partial charge in [0, 0.05) is 46.8 Å². The second-order valence-electron chi connectivity index (χ2n) is 7.28. The van der Waals surface area contributed by atoms with Crippen LogP contribution < -0.4 is 15.8 Å². The minimum Gasteiger partial charge on any atom is -0.496 e. The average Bonchev–Trinajstić information content (AvgIpc) is 2.83. The number of allylic oxidation sites excluding steroid dienone is 1. The zero-order valence-corrected chi connectivity index (χ0v) is 18.1. The summed E-state index contributed by atoms with van der Waals surface area (Å²) in [5.41, 5.74) is 8.12. The number of carbonyl (C=O) groups excluding carboxylic acids is 1. The standard InChI is InChI=1S/C25H25FN4O3/c1-33-24-12-16(26)9-10-21(24)23(28)14-22(27)19-7-2-3-8-20(19)25(32)30-18(15-31)13-17-6-4-5-11-29-17/h2-12,14,18,27,31H,13,15,28H2,1H3,(H,30,32)/b23-14-,27-22?/t18-/m1/s1. The molecule has 2 aromatic carbocycles. The lowest BCUT2D eigenvalue weighted by atomic mass is 9.99. The van der Waals surface area contributed by atoms with Gasteiger partial charge in [-0.1, -0.05) is 24.3 Å². The summed E-state index contributed by atoms with van der Waals surface area (Å²) in [4.78, 5) is 17.2. The van der Waals surface area contributed by atoms with Gasteiger partial charge in [0.15, 0.2) is 0 Å². The normalized spacial score (nSPS) is 12.2. The maximum absolute atomic E-state index is 13.5. The molecular weight excluding hydrogens is 423 g/mol. The van der Waals surface area contributed by atoms with Gasteiger partial charge in [0.05, 0.1) is 25.5 Å². The lowest BCUT2D eigenvalue weighted by Gasteiger charge is -2.17. The highest BCUT2D eigenvalue weighted by Crippen LogP contribution is 2.25. The number of nitrogens with two attached hydrogens (primary N) is 1. The van der Waals surface area contributed by atoms with Crippen LogP contribution in [0.2, 0.25) is 0 Å². The molecule has 0 aliphatic carbocycles. The van der Waals surface area contributed by atoms with E-state index in [4.69, 9.17) is 15.9 Å². The number of pyridine rings is 1. The highest BCUT2D eigenvalue weighted by atomic mass is 19.1. The number of amides is 1. The van der Waals surface area contributed by atoms with Crippen molar-refractivity contribution in [1.29, 1.82) is 5.41 Å². The van der Waals surface area contributed by atoms with Crippen molar-refractivity contribution in [3.05, 3.63) is 101 Å². The van der Waals surface area contributed by atoms with E-state index in [0.29, 0.717) is 17.5 Å². The second-order valence-corrected chi connectivity index (χ2v) is 7.28. The van der Waals surface area contributed by atoms with Gasteiger partial charge in [-0.25, -0.2) is 4.39 Å². The third kappa shape index (κ3) is 6.02. The number of benzene rings is 2. The van der Waals surface area contributed by atoms with E-state index in [0.717, 1.165) is 5.69 Å². The Hall–Kier alpha value is -4.04. The van der Waals surface area contributed by atoms with Gasteiger partial charge < -0.3 is 26.3 Å². The van der Waals surface area contributed by atoms with E-state index in [1.54, 1.807) is 36.5 Å². The van der Waals surface area contributed by atoms with Crippen LogP contribution in [0.1, 0.15) is 27.2 Å². The topological polar surface area (TPSA) is 121 Å².